The predicted octanol–water partition coefficient (Wildman–Crippen LogP) is 3.59. The molecule has 0 aliphatic carbocycles. The number of carbonyl (C=O) groups excluding carboxylic acids is 1. The zero-order valence-electron chi connectivity index (χ0n) is 14.5. The number of pyridine rings is 1. The molecule has 3 rings (SSSR count). The number of hydrogen-bond acceptors (Lipinski definition) is 6. The van der Waals surface area contributed by atoms with Crippen molar-refractivity contribution in [2.45, 2.75) is 32.9 Å². The van der Waals surface area contributed by atoms with Crippen LogP contribution in [0.2, 0.25) is 0 Å². The molecule has 1 N–H and O–H groups in total. The summed E-state index contributed by atoms with van der Waals surface area (Å²) in [5.41, 5.74) is 1.80. The lowest BCUT2D eigenvalue weighted by Crippen LogP contribution is -2.24. The summed E-state index contributed by atoms with van der Waals surface area (Å²) in [5.74, 6) is 0.381. The van der Waals surface area contributed by atoms with E-state index in [2.05, 4.69) is 20.3 Å². The Bertz CT molecular complexity index is 898. The van der Waals surface area contributed by atoms with Crippen molar-refractivity contribution in [1.29, 1.82) is 0 Å². The number of rotatable bonds is 4. The predicted molar refractivity (Wildman–Crippen MR) is 96.3 cm³/mol. The summed E-state index contributed by atoms with van der Waals surface area (Å²) in [6.07, 6.45) is 4.94. The minimum atomic E-state index is -0.516. The van der Waals surface area contributed by atoms with E-state index in [4.69, 9.17) is 4.74 Å². The topological polar surface area (TPSA) is 77.0 Å². The second kappa shape index (κ2) is 6.84. The number of hydrogen-bond donors (Lipinski definition) is 1. The van der Waals surface area contributed by atoms with Gasteiger partial charge in [-0.3, -0.25) is 0 Å². The van der Waals surface area contributed by atoms with Gasteiger partial charge in [0.1, 0.15) is 17.7 Å². The molecule has 0 radical (unpaired) electrons. The Morgan fingerprint density at radius 1 is 1.20 bits per heavy atom. The van der Waals surface area contributed by atoms with Gasteiger partial charge in [-0.15, -0.1) is 0 Å². The zero-order chi connectivity index (χ0) is 17.9. The van der Waals surface area contributed by atoms with Crippen LogP contribution in [0.1, 0.15) is 36.7 Å². The van der Waals surface area contributed by atoms with Crippen LogP contribution in [0.25, 0.3) is 10.9 Å². The minimum absolute atomic E-state index is 0.328. The molecule has 0 spiro atoms. The van der Waals surface area contributed by atoms with E-state index < -0.39 is 5.60 Å². The molecule has 3 aromatic rings. The van der Waals surface area contributed by atoms with Crippen LogP contribution in [0, 0.1) is 0 Å². The Morgan fingerprint density at radius 2 is 2.04 bits per heavy atom. The van der Waals surface area contributed by atoms with Crippen molar-refractivity contribution < 1.29 is 9.53 Å². The molecule has 2 aromatic heterocycles. The number of aromatic nitrogens is 3. The first-order chi connectivity index (χ1) is 11.9. The molecule has 6 heteroatoms. The number of esters is 1. The number of anilines is 1. The summed E-state index contributed by atoms with van der Waals surface area (Å²) < 4.78 is 5.41. The molecular weight excluding hydrogens is 316 g/mol. The van der Waals surface area contributed by atoms with E-state index >= 15 is 0 Å². The van der Waals surface area contributed by atoms with Gasteiger partial charge in [0.05, 0.1) is 16.5 Å². The molecule has 0 saturated carbocycles. The first-order valence-corrected chi connectivity index (χ1v) is 8.03. The van der Waals surface area contributed by atoms with Crippen LogP contribution in [-0.4, -0.2) is 26.5 Å². The normalized spacial score (nSPS) is 11.3. The number of fused-ring (bicyclic) bond motifs is 1. The average Bonchev–Trinajstić information content (AvgIpc) is 2.59. The fourth-order valence-corrected chi connectivity index (χ4v) is 2.38. The standard InChI is InChI=1S/C19H20N4O2/c1-19(2,3)25-18(24)14-6-4-5-13(9-14)10-22-17-15-11-20-12-23-16(15)7-8-21-17/h4-9,11-12H,10H2,1-3H3,(H,21,22). The van der Waals surface area contributed by atoms with Gasteiger partial charge < -0.3 is 10.1 Å². The van der Waals surface area contributed by atoms with Gasteiger partial charge in [-0.1, -0.05) is 12.1 Å². The Kier molecular flexibility index (Phi) is 4.61. The summed E-state index contributed by atoms with van der Waals surface area (Å²) in [6.45, 7) is 6.08. The molecule has 0 unspecified atom stereocenters. The van der Waals surface area contributed by atoms with Gasteiger partial charge in [0.25, 0.3) is 0 Å². The maximum absolute atomic E-state index is 12.2. The molecule has 0 fully saturated rings. The van der Waals surface area contributed by atoms with Crippen molar-refractivity contribution in [1.82, 2.24) is 15.0 Å². The van der Waals surface area contributed by atoms with Crippen LogP contribution in [0.15, 0.2) is 49.1 Å². The summed E-state index contributed by atoms with van der Waals surface area (Å²) in [4.78, 5) is 24.8. The molecule has 2 heterocycles. The van der Waals surface area contributed by atoms with Crippen LogP contribution >= 0.6 is 0 Å². The van der Waals surface area contributed by atoms with E-state index in [1.54, 1.807) is 18.5 Å². The van der Waals surface area contributed by atoms with E-state index in [1.165, 1.54) is 6.33 Å². The van der Waals surface area contributed by atoms with Crippen LogP contribution < -0.4 is 5.32 Å². The summed E-state index contributed by atoms with van der Waals surface area (Å²) in [6, 6.07) is 9.20. The molecule has 25 heavy (non-hydrogen) atoms. The maximum Gasteiger partial charge on any atom is 0.338 e. The molecule has 0 bridgehead atoms. The second-order valence-corrected chi connectivity index (χ2v) is 6.67. The average molecular weight is 336 g/mol. The molecule has 128 valence electrons. The highest BCUT2D eigenvalue weighted by molar-refractivity contribution is 5.90. The van der Waals surface area contributed by atoms with E-state index in [1.807, 2.05) is 45.0 Å². The van der Waals surface area contributed by atoms with E-state index in [9.17, 15) is 4.79 Å². The number of nitrogens with one attached hydrogen (secondary N) is 1. The lowest BCUT2D eigenvalue weighted by Gasteiger charge is -2.19. The monoisotopic (exact) mass is 336 g/mol. The van der Waals surface area contributed by atoms with Crippen molar-refractivity contribution >= 4 is 22.7 Å². The van der Waals surface area contributed by atoms with E-state index in [0.29, 0.717) is 17.9 Å². The van der Waals surface area contributed by atoms with Gasteiger partial charge >= 0.3 is 5.97 Å². The van der Waals surface area contributed by atoms with Crippen molar-refractivity contribution in [3.05, 3.63) is 60.2 Å². The highest BCUT2D eigenvalue weighted by atomic mass is 16.6. The van der Waals surface area contributed by atoms with Crippen molar-refractivity contribution in [3.63, 3.8) is 0 Å². The van der Waals surface area contributed by atoms with E-state index in [0.717, 1.165) is 16.5 Å². The number of ether oxygens (including phenoxy) is 1. The fraction of sp³-hybridized carbons (Fsp3) is 0.263. The lowest BCUT2D eigenvalue weighted by molar-refractivity contribution is 0.00694. The van der Waals surface area contributed by atoms with Crippen LogP contribution in [0.5, 0.6) is 0 Å². The lowest BCUT2D eigenvalue weighted by atomic mass is 10.1. The highest BCUT2D eigenvalue weighted by Crippen LogP contribution is 2.19. The molecule has 0 aliphatic heterocycles. The number of nitrogens with zero attached hydrogens (tertiary/aromatic N) is 3. The number of carbonyl (C=O) groups is 1. The molecule has 0 amide bonds. The number of benzene rings is 1. The molecular formula is C19H20N4O2. The van der Waals surface area contributed by atoms with Crippen molar-refractivity contribution in [2.24, 2.45) is 0 Å². The molecule has 1 aromatic carbocycles. The second-order valence-electron chi connectivity index (χ2n) is 6.67. The Balaban J connectivity index is 1.75. The van der Waals surface area contributed by atoms with Gasteiger partial charge in [-0.25, -0.2) is 19.7 Å². The quantitative estimate of drug-likeness (QED) is 0.734. The Hall–Kier alpha value is -3.02. The molecule has 0 atom stereocenters. The van der Waals surface area contributed by atoms with Gasteiger partial charge in [-0.2, -0.15) is 0 Å². The van der Waals surface area contributed by atoms with E-state index in [-0.39, 0.29) is 5.97 Å². The third kappa shape index (κ3) is 4.29. The van der Waals surface area contributed by atoms with Crippen molar-refractivity contribution in [2.75, 3.05) is 5.32 Å². The summed E-state index contributed by atoms with van der Waals surface area (Å²) in [5, 5.41) is 4.13. The smallest absolute Gasteiger partial charge is 0.338 e. The largest absolute Gasteiger partial charge is 0.456 e. The van der Waals surface area contributed by atoms with Crippen LogP contribution in [0.3, 0.4) is 0 Å². The Labute approximate surface area is 146 Å². The van der Waals surface area contributed by atoms with Gasteiger partial charge in [0.15, 0.2) is 0 Å². The third-order valence-corrected chi connectivity index (χ3v) is 3.46. The van der Waals surface area contributed by atoms with Gasteiger partial charge in [0, 0.05) is 18.9 Å². The van der Waals surface area contributed by atoms with Crippen LogP contribution in [0.4, 0.5) is 5.82 Å². The zero-order valence-corrected chi connectivity index (χ0v) is 14.5. The molecule has 0 saturated heterocycles. The SMILES string of the molecule is CC(C)(C)OC(=O)c1cccc(CNc2nccc3ncncc23)c1. The molecule has 6 nitrogen and oxygen atoms in total. The highest BCUT2D eigenvalue weighted by Gasteiger charge is 2.17. The van der Waals surface area contributed by atoms with Crippen LogP contribution in [-0.2, 0) is 11.3 Å². The maximum atomic E-state index is 12.2. The first kappa shape index (κ1) is 16.8. The first-order valence-electron chi connectivity index (χ1n) is 8.03. The summed E-state index contributed by atoms with van der Waals surface area (Å²) in [7, 11) is 0. The minimum Gasteiger partial charge on any atom is -0.456 e. The van der Waals surface area contributed by atoms with Crippen molar-refractivity contribution in [3.8, 4) is 0 Å². The third-order valence-electron chi connectivity index (χ3n) is 3.46. The summed E-state index contributed by atoms with van der Waals surface area (Å²) >= 11 is 0. The van der Waals surface area contributed by atoms with Gasteiger partial charge in [0.2, 0.25) is 0 Å². The molecule has 0 aliphatic rings. The fourth-order valence-electron chi connectivity index (χ4n) is 2.38. The van der Waals surface area contributed by atoms with Gasteiger partial charge in [-0.05, 0) is 44.5 Å². The Morgan fingerprint density at radius 3 is 2.84 bits per heavy atom.